The van der Waals surface area contributed by atoms with Crippen LogP contribution in [0, 0.1) is 0 Å². The normalized spacial score (nSPS) is 21.6. The first-order valence-corrected chi connectivity index (χ1v) is 24.0. The molecule has 0 bridgehead atoms. The first kappa shape index (κ1) is 53.9. The fourth-order valence-corrected chi connectivity index (χ4v) is 7.75. The largest absolute Gasteiger partial charge is 0.394 e. The molecule has 1 rings (SSSR count). The van der Waals surface area contributed by atoms with Crippen molar-refractivity contribution in [2.75, 3.05) is 13.2 Å². The van der Waals surface area contributed by atoms with Gasteiger partial charge in [0.2, 0.25) is 5.91 Å². The number of unbranched alkanes of at least 4 members (excludes halogenated alkanes) is 29. The van der Waals surface area contributed by atoms with Gasteiger partial charge < -0.3 is 45.4 Å². The van der Waals surface area contributed by atoms with Crippen LogP contribution in [0.2, 0.25) is 0 Å². The molecule has 1 aliphatic heterocycles. The molecule has 7 N–H and O–H groups in total. The van der Waals surface area contributed by atoms with Crippen molar-refractivity contribution in [1.82, 2.24) is 5.32 Å². The van der Waals surface area contributed by atoms with Crippen molar-refractivity contribution in [1.29, 1.82) is 0 Å². The fourth-order valence-electron chi connectivity index (χ4n) is 7.75. The number of hydrogen-bond donors (Lipinski definition) is 7. The summed E-state index contributed by atoms with van der Waals surface area (Å²) in [6, 6.07) is -0.974. The molecule has 1 heterocycles. The molecule has 0 aromatic carbocycles. The molecule has 1 aliphatic rings. The first-order valence-electron chi connectivity index (χ1n) is 24.0. The van der Waals surface area contributed by atoms with Gasteiger partial charge in [0.1, 0.15) is 30.5 Å². The molecule has 338 valence electrons. The lowest BCUT2D eigenvalue weighted by Crippen LogP contribution is -2.60. The smallest absolute Gasteiger partial charge is 0.249 e. The zero-order chi connectivity index (χ0) is 41.8. The summed E-state index contributed by atoms with van der Waals surface area (Å²) < 4.78 is 11.1. The molecule has 1 amide bonds. The van der Waals surface area contributed by atoms with Gasteiger partial charge in [-0.05, 0) is 19.3 Å². The quantitative estimate of drug-likeness (QED) is 0.0236. The fraction of sp³-hybridized carbons (Fsp3) is 0.936. The van der Waals surface area contributed by atoms with Crippen LogP contribution in [0.1, 0.15) is 219 Å². The number of nitrogens with one attached hydrogen (secondary N) is 1. The number of hydrogen-bond acceptors (Lipinski definition) is 9. The lowest BCUT2D eigenvalue weighted by molar-refractivity contribution is -0.302. The second kappa shape index (κ2) is 37.9. The van der Waals surface area contributed by atoms with Crippen molar-refractivity contribution in [3.8, 4) is 0 Å². The third-order valence-corrected chi connectivity index (χ3v) is 11.7. The SMILES string of the molecule is CCCCCCCCCCCCC/C=C/[C@@H](O)C(CO[C@@H]1O[C@H](CO)[C@H](O)[C@H](O)[C@H]1O)NC(=O)C(O)CCCCCCCCCCCCCCCCCCCCC. The highest BCUT2D eigenvalue weighted by molar-refractivity contribution is 5.80. The van der Waals surface area contributed by atoms with E-state index in [0.717, 1.165) is 44.9 Å². The Kier molecular flexibility index (Phi) is 35.8. The third kappa shape index (κ3) is 28.1. The number of carbonyl (C=O) groups is 1. The van der Waals surface area contributed by atoms with E-state index in [1.54, 1.807) is 6.08 Å². The topological polar surface area (TPSA) is 169 Å². The van der Waals surface area contributed by atoms with E-state index in [9.17, 15) is 35.4 Å². The number of allylic oxidation sites excluding steroid dienone is 1. The molecule has 10 heteroatoms. The molecule has 1 saturated heterocycles. The zero-order valence-electron chi connectivity index (χ0n) is 36.7. The van der Waals surface area contributed by atoms with E-state index in [-0.39, 0.29) is 6.61 Å². The maximum Gasteiger partial charge on any atom is 0.249 e. The van der Waals surface area contributed by atoms with Crippen molar-refractivity contribution in [2.45, 2.75) is 268 Å². The van der Waals surface area contributed by atoms with Gasteiger partial charge in [0.15, 0.2) is 6.29 Å². The molecule has 1 fully saturated rings. The molecular weight excluding hydrogens is 723 g/mol. The minimum atomic E-state index is -1.61. The van der Waals surface area contributed by atoms with E-state index in [1.807, 2.05) is 6.08 Å². The maximum absolute atomic E-state index is 13.0. The Morgan fingerprint density at radius 2 is 1.00 bits per heavy atom. The Hall–Kier alpha value is -1.11. The van der Waals surface area contributed by atoms with Crippen LogP contribution in [0.3, 0.4) is 0 Å². The van der Waals surface area contributed by atoms with Crippen molar-refractivity contribution < 1.29 is 44.9 Å². The summed E-state index contributed by atoms with van der Waals surface area (Å²) in [5.41, 5.74) is 0. The van der Waals surface area contributed by atoms with E-state index >= 15 is 0 Å². The predicted octanol–water partition coefficient (Wildman–Crippen LogP) is 9.09. The Labute approximate surface area is 349 Å². The van der Waals surface area contributed by atoms with Crippen LogP contribution in [0.5, 0.6) is 0 Å². The average molecular weight is 814 g/mol. The molecule has 0 aliphatic carbocycles. The summed E-state index contributed by atoms with van der Waals surface area (Å²) in [6.07, 6.45) is 33.0. The molecule has 0 saturated carbocycles. The van der Waals surface area contributed by atoms with Crippen molar-refractivity contribution in [3.05, 3.63) is 12.2 Å². The van der Waals surface area contributed by atoms with Crippen LogP contribution in [-0.4, -0.2) is 98.7 Å². The molecule has 2 unspecified atom stereocenters. The number of rotatable bonds is 40. The van der Waals surface area contributed by atoms with Gasteiger partial charge >= 0.3 is 0 Å². The molecule has 57 heavy (non-hydrogen) atoms. The molecule has 10 nitrogen and oxygen atoms in total. The summed E-state index contributed by atoms with van der Waals surface area (Å²) in [4.78, 5) is 13.0. The summed E-state index contributed by atoms with van der Waals surface area (Å²) in [5, 5.41) is 64.7. The second-order valence-corrected chi connectivity index (χ2v) is 17.1. The van der Waals surface area contributed by atoms with E-state index in [0.29, 0.717) is 6.42 Å². The van der Waals surface area contributed by atoms with Crippen LogP contribution < -0.4 is 5.32 Å². The van der Waals surface area contributed by atoms with Crippen LogP contribution in [0.15, 0.2) is 12.2 Å². The Balaban J connectivity index is 2.36. The van der Waals surface area contributed by atoms with Gasteiger partial charge in [-0.1, -0.05) is 212 Å². The van der Waals surface area contributed by atoms with Crippen LogP contribution in [-0.2, 0) is 14.3 Å². The summed E-state index contributed by atoms with van der Waals surface area (Å²) in [7, 11) is 0. The minimum Gasteiger partial charge on any atom is -0.394 e. The van der Waals surface area contributed by atoms with E-state index in [1.165, 1.54) is 154 Å². The standard InChI is InChI=1S/C47H91NO9/c1-3-5-7-9-11-13-15-17-18-19-20-21-22-24-26-28-30-32-34-36-41(51)46(55)48-39(38-56-47-45(54)44(53)43(52)42(37-49)57-47)40(50)35-33-31-29-27-25-23-16-14-12-10-8-6-4-2/h33,35,39-45,47,49-54H,3-32,34,36-38H2,1-2H3,(H,48,55)/b35-33+/t39?,40-,41?,42-,43+,44+,45-,47-/m1/s1. The molecule has 0 aromatic heterocycles. The van der Waals surface area contributed by atoms with Crippen LogP contribution >= 0.6 is 0 Å². The van der Waals surface area contributed by atoms with E-state index in [4.69, 9.17) is 9.47 Å². The second-order valence-electron chi connectivity index (χ2n) is 17.1. The number of ether oxygens (including phenoxy) is 2. The molecule has 0 radical (unpaired) electrons. The first-order chi connectivity index (χ1) is 27.8. The monoisotopic (exact) mass is 814 g/mol. The molecule has 8 atom stereocenters. The van der Waals surface area contributed by atoms with Crippen LogP contribution in [0.4, 0.5) is 0 Å². The zero-order valence-corrected chi connectivity index (χ0v) is 36.7. The average Bonchev–Trinajstić information content (AvgIpc) is 3.21. The van der Waals surface area contributed by atoms with Gasteiger partial charge in [0, 0.05) is 0 Å². The Morgan fingerprint density at radius 1 is 0.596 bits per heavy atom. The lowest BCUT2D eigenvalue weighted by atomic mass is 9.99. The Bertz CT molecular complexity index is 921. The Morgan fingerprint density at radius 3 is 1.42 bits per heavy atom. The minimum absolute atomic E-state index is 0.301. The van der Waals surface area contributed by atoms with E-state index in [2.05, 4.69) is 19.2 Å². The predicted molar refractivity (Wildman–Crippen MR) is 232 cm³/mol. The van der Waals surface area contributed by atoms with Gasteiger partial charge in [-0.25, -0.2) is 0 Å². The highest BCUT2D eigenvalue weighted by atomic mass is 16.7. The third-order valence-electron chi connectivity index (χ3n) is 11.7. The van der Waals surface area contributed by atoms with E-state index < -0.39 is 61.5 Å². The number of aliphatic hydroxyl groups excluding tert-OH is 6. The van der Waals surface area contributed by atoms with Gasteiger partial charge in [0.25, 0.3) is 0 Å². The van der Waals surface area contributed by atoms with Crippen molar-refractivity contribution in [2.24, 2.45) is 0 Å². The van der Waals surface area contributed by atoms with Gasteiger partial charge in [0.05, 0.1) is 25.4 Å². The van der Waals surface area contributed by atoms with Gasteiger partial charge in [-0.3, -0.25) is 4.79 Å². The number of carbonyl (C=O) groups excluding carboxylic acids is 1. The maximum atomic E-state index is 13.0. The van der Waals surface area contributed by atoms with Gasteiger partial charge in [-0.2, -0.15) is 0 Å². The van der Waals surface area contributed by atoms with Crippen molar-refractivity contribution >= 4 is 5.91 Å². The highest BCUT2D eigenvalue weighted by Gasteiger charge is 2.44. The summed E-state index contributed by atoms with van der Waals surface area (Å²) in [6.45, 7) is 3.61. The molecular formula is C47H91NO9. The number of amides is 1. The van der Waals surface area contributed by atoms with Gasteiger partial charge in [-0.15, -0.1) is 0 Å². The van der Waals surface area contributed by atoms with Crippen molar-refractivity contribution in [3.63, 3.8) is 0 Å². The lowest BCUT2D eigenvalue weighted by Gasteiger charge is -2.40. The van der Waals surface area contributed by atoms with Crippen LogP contribution in [0.25, 0.3) is 0 Å². The molecule has 0 spiro atoms. The summed E-state index contributed by atoms with van der Waals surface area (Å²) >= 11 is 0. The summed E-state index contributed by atoms with van der Waals surface area (Å²) in [5.74, 6) is -0.613. The molecule has 0 aromatic rings. The number of aliphatic hydroxyl groups is 6. The highest BCUT2D eigenvalue weighted by Crippen LogP contribution is 2.23.